The van der Waals surface area contributed by atoms with Gasteiger partial charge in [-0.2, -0.15) is 11.3 Å². The summed E-state index contributed by atoms with van der Waals surface area (Å²) in [7, 11) is 1.77. The molecule has 0 aliphatic heterocycles. The number of hydrogen-bond acceptors (Lipinski definition) is 7. The second-order valence-electron chi connectivity index (χ2n) is 7.89. The summed E-state index contributed by atoms with van der Waals surface area (Å²) in [4.78, 5) is 51.1. The van der Waals surface area contributed by atoms with Crippen molar-refractivity contribution in [3.05, 3.63) is 49.1 Å². The number of carbonyl (C=O) groups is 1. The number of thioether (sulfide) groups is 1. The van der Waals surface area contributed by atoms with Crippen molar-refractivity contribution in [3.63, 3.8) is 0 Å². The first kappa shape index (κ1) is 19.5. The lowest BCUT2D eigenvalue weighted by molar-refractivity contribution is -0.127. The molecule has 3 heterocycles. The molecule has 2 aliphatic rings. The molecule has 8 nitrogen and oxygen atoms in total. The van der Waals surface area contributed by atoms with Crippen molar-refractivity contribution in [1.82, 2.24) is 24.4 Å². The van der Waals surface area contributed by atoms with Gasteiger partial charge >= 0.3 is 5.69 Å². The molecular formula is C20H21N5O3S2. The van der Waals surface area contributed by atoms with Crippen molar-refractivity contribution in [2.24, 2.45) is 0 Å². The molecule has 30 heavy (non-hydrogen) atoms. The van der Waals surface area contributed by atoms with E-state index in [-0.39, 0.29) is 23.6 Å². The largest absolute Gasteiger partial charge is 0.341 e. The van der Waals surface area contributed by atoms with E-state index in [4.69, 9.17) is 0 Å². The van der Waals surface area contributed by atoms with Gasteiger partial charge in [0.05, 0.1) is 5.75 Å². The summed E-state index contributed by atoms with van der Waals surface area (Å²) in [5.74, 6) is 1.06. The highest BCUT2D eigenvalue weighted by Crippen LogP contribution is 2.40. The van der Waals surface area contributed by atoms with E-state index < -0.39 is 11.2 Å². The van der Waals surface area contributed by atoms with Gasteiger partial charge in [0.1, 0.15) is 16.2 Å². The zero-order valence-electron chi connectivity index (χ0n) is 16.5. The van der Waals surface area contributed by atoms with Crippen LogP contribution in [-0.2, 0) is 11.3 Å². The molecule has 3 aromatic heterocycles. The third-order valence-corrected chi connectivity index (χ3v) is 7.07. The third-order valence-electron chi connectivity index (χ3n) is 5.38. The summed E-state index contributed by atoms with van der Waals surface area (Å²) in [5, 5.41) is 4.80. The number of thiophene rings is 1. The minimum Gasteiger partial charge on any atom is -0.341 e. The molecule has 0 saturated heterocycles. The molecule has 2 fully saturated rings. The normalized spacial score (nSPS) is 16.2. The first-order chi connectivity index (χ1) is 14.5. The Hall–Kier alpha value is -2.46. The number of aromatic nitrogens is 4. The van der Waals surface area contributed by atoms with E-state index in [0.29, 0.717) is 28.4 Å². The van der Waals surface area contributed by atoms with Crippen LogP contribution in [0, 0.1) is 0 Å². The van der Waals surface area contributed by atoms with Crippen molar-refractivity contribution in [2.45, 2.75) is 49.2 Å². The quantitative estimate of drug-likeness (QED) is 0.445. The third kappa shape index (κ3) is 3.81. The van der Waals surface area contributed by atoms with Gasteiger partial charge in [-0.3, -0.25) is 19.1 Å². The summed E-state index contributed by atoms with van der Waals surface area (Å²) in [6.45, 7) is 0.544. The Morgan fingerprint density at radius 3 is 2.77 bits per heavy atom. The second kappa shape index (κ2) is 7.66. The zero-order chi connectivity index (χ0) is 20.8. The van der Waals surface area contributed by atoms with Crippen LogP contribution in [-0.4, -0.2) is 43.1 Å². The van der Waals surface area contributed by atoms with Crippen LogP contribution >= 0.6 is 23.1 Å². The molecule has 1 amide bonds. The molecule has 0 spiro atoms. The van der Waals surface area contributed by atoms with Crippen molar-refractivity contribution in [1.29, 1.82) is 0 Å². The van der Waals surface area contributed by atoms with Gasteiger partial charge in [-0.05, 0) is 48.1 Å². The molecule has 0 unspecified atom stereocenters. The molecule has 0 aromatic carbocycles. The Morgan fingerprint density at radius 2 is 2.10 bits per heavy atom. The minimum atomic E-state index is -0.490. The molecular weight excluding hydrogens is 422 g/mol. The molecule has 2 aliphatic carbocycles. The fourth-order valence-corrected chi connectivity index (χ4v) is 5.05. The highest BCUT2D eigenvalue weighted by Gasteiger charge is 2.32. The van der Waals surface area contributed by atoms with Crippen molar-refractivity contribution in [3.8, 4) is 0 Å². The molecule has 2 saturated carbocycles. The van der Waals surface area contributed by atoms with Gasteiger partial charge in [0.2, 0.25) is 5.91 Å². The monoisotopic (exact) mass is 443 g/mol. The minimum absolute atomic E-state index is 0.0436. The van der Waals surface area contributed by atoms with Crippen molar-refractivity contribution in [2.75, 3.05) is 12.8 Å². The molecule has 0 radical (unpaired) electrons. The predicted molar refractivity (Wildman–Crippen MR) is 116 cm³/mol. The number of carbonyl (C=O) groups excluding carboxylic acids is 1. The maximum absolute atomic E-state index is 12.7. The Balaban J connectivity index is 1.47. The van der Waals surface area contributed by atoms with Crippen LogP contribution in [0.4, 0.5) is 0 Å². The fraction of sp³-hybridized carbons (Fsp3) is 0.450. The molecule has 1 N–H and O–H groups in total. The first-order valence-corrected chi connectivity index (χ1v) is 11.9. The van der Waals surface area contributed by atoms with E-state index in [2.05, 4.69) is 15.0 Å². The average molecular weight is 444 g/mol. The summed E-state index contributed by atoms with van der Waals surface area (Å²) in [6.07, 6.45) is 3.82. The van der Waals surface area contributed by atoms with Gasteiger partial charge in [0.15, 0.2) is 5.65 Å². The number of nitrogens with one attached hydrogen (secondary N) is 1. The predicted octanol–water partition coefficient (Wildman–Crippen LogP) is 2.50. The maximum atomic E-state index is 12.7. The standard InChI is InChI=1S/C20H21N5O3S2/c1-24(8-11-6-7-29-9-11)14(26)10-30-19-15-17(21-16(22-19)12-2-3-12)25(13-4-5-13)20(28)23-18(15)27/h6-7,9,12-13H,2-5,8,10H2,1H3,(H,23,27,28). The van der Waals surface area contributed by atoms with E-state index in [1.54, 1.807) is 27.9 Å². The second-order valence-corrected chi connectivity index (χ2v) is 9.63. The lowest BCUT2D eigenvalue weighted by Crippen LogP contribution is -2.31. The SMILES string of the molecule is CN(Cc1ccsc1)C(=O)CSc1nc(C2CC2)nc2c1c(=O)[nH]c(=O)n2C1CC1. The number of nitrogens with zero attached hydrogens (tertiary/aromatic N) is 4. The van der Waals surface area contributed by atoms with E-state index in [1.807, 2.05) is 16.8 Å². The van der Waals surface area contributed by atoms with Crippen molar-refractivity contribution >= 4 is 40.0 Å². The van der Waals surface area contributed by atoms with Gasteiger partial charge in [-0.25, -0.2) is 14.8 Å². The van der Waals surface area contributed by atoms with E-state index in [1.165, 1.54) is 11.8 Å². The Bertz CT molecular complexity index is 1230. The van der Waals surface area contributed by atoms with E-state index in [0.717, 1.165) is 31.2 Å². The topological polar surface area (TPSA) is 101 Å². The lowest BCUT2D eigenvalue weighted by Gasteiger charge is -2.16. The maximum Gasteiger partial charge on any atom is 0.330 e. The molecule has 3 aromatic rings. The highest BCUT2D eigenvalue weighted by atomic mass is 32.2. The molecule has 0 atom stereocenters. The number of rotatable bonds is 7. The highest BCUT2D eigenvalue weighted by molar-refractivity contribution is 8.00. The smallest absolute Gasteiger partial charge is 0.330 e. The number of aromatic amines is 1. The molecule has 5 rings (SSSR count). The molecule has 0 bridgehead atoms. The molecule has 10 heteroatoms. The van der Waals surface area contributed by atoms with E-state index in [9.17, 15) is 14.4 Å². The Morgan fingerprint density at radius 1 is 1.30 bits per heavy atom. The van der Waals surface area contributed by atoms with Crippen LogP contribution in [0.5, 0.6) is 0 Å². The van der Waals surface area contributed by atoms with Crippen LogP contribution in [0.1, 0.15) is 49.0 Å². The van der Waals surface area contributed by atoms with Crippen LogP contribution in [0.15, 0.2) is 31.4 Å². The molecule has 156 valence electrons. The summed E-state index contributed by atoms with van der Waals surface area (Å²) < 4.78 is 1.60. The number of amides is 1. The van der Waals surface area contributed by atoms with Gasteiger partial charge in [-0.1, -0.05) is 11.8 Å². The van der Waals surface area contributed by atoms with Crippen LogP contribution in [0.25, 0.3) is 11.0 Å². The van der Waals surface area contributed by atoms with Gasteiger partial charge in [-0.15, -0.1) is 0 Å². The summed E-state index contributed by atoms with van der Waals surface area (Å²) in [5.41, 5.74) is 0.591. The lowest BCUT2D eigenvalue weighted by atomic mass is 10.3. The zero-order valence-corrected chi connectivity index (χ0v) is 18.1. The van der Waals surface area contributed by atoms with Crippen molar-refractivity contribution < 1.29 is 4.79 Å². The number of fused-ring (bicyclic) bond motifs is 1. The first-order valence-electron chi connectivity index (χ1n) is 9.95. The van der Waals surface area contributed by atoms with E-state index >= 15 is 0 Å². The Kier molecular flexibility index (Phi) is 4.98. The summed E-state index contributed by atoms with van der Waals surface area (Å²) in [6, 6.07) is 2.08. The Labute approximate surface area is 180 Å². The number of H-pyrrole nitrogens is 1. The van der Waals surface area contributed by atoms with Gasteiger partial charge in [0, 0.05) is 25.6 Å². The van der Waals surface area contributed by atoms with Crippen LogP contribution < -0.4 is 11.2 Å². The van der Waals surface area contributed by atoms with Crippen LogP contribution in [0.3, 0.4) is 0 Å². The average Bonchev–Trinajstić information content (AvgIpc) is 3.65. The van der Waals surface area contributed by atoms with Gasteiger partial charge < -0.3 is 4.90 Å². The van der Waals surface area contributed by atoms with Gasteiger partial charge in [0.25, 0.3) is 5.56 Å². The van der Waals surface area contributed by atoms with Crippen LogP contribution in [0.2, 0.25) is 0 Å². The summed E-state index contributed by atoms with van der Waals surface area (Å²) >= 11 is 2.84. The fourth-order valence-electron chi connectivity index (χ4n) is 3.42. The number of hydrogen-bond donors (Lipinski definition) is 1.